The number of rotatable bonds is 6. The molecule has 0 radical (unpaired) electrons. The van der Waals surface area contributed by atoms with Crippen molar-refractivity contribution in [2.75, 3.05) is 44.3 Å². The highest BCUT2D eigenvalue weighted by atomic mass is 32.1. The van der Waals surface area contributed by atoms with Gasteiger partial charge in [0.15, 0.2) is 5.13 Å². The molecule has 1 saturated heterocycles. The molecule has 0 saturated carbocycles. The lowest BCUT2D eigenvalue weighted by Crippen LogP contribution is -2.39. The highest BCUT2D eigenvalue weighted by Gasteiger charge is 2.23. The molecule has 2 aromatic heterocycles. The van der Waals surface area contributed by atoms with Crippen LogP contribution in [-0.4, -0.2) is 65.2 Å². The van der Waals surface area contributed by atoms with Gasteiger partial charge in [-0.15, -0.1) is 0 Å². The molecule has 0 atom stereocenters. The van der Waals surface area contributed by atoms with Crippen molar-refractivity contribution in [3.8, 4) is 0 Å². The topological polar surface area (TPSA) is 71.5 Å². The molecule has 3 heterocycles. The summed E-state index contributed by atoms with van der Waals surface area (Å²) in [5.74, 6) is -0.0574. The van der Waals surface area contributed by atoms with Crippen LogP contribution in [0.25, 0.3) is 21.3 Å². The Hall–Kier alpha value is -2.94. The lowest BCUT2D eigenvalue weighted by molar-refractivity contribution is 0.0376. The molecule has 0 bridgehead atoms. The molecular weight excluding hydrogens is 434 g/mol. The fraction of sp³-hybridized carbons (Fsp3) is 0.360. The molecule has 0 N–H and O–H groups in total. The van der Waals surface area contributed by atoms with Gasteiger partial charge in [-0.05, 0) is 55.7 Å². The normalized spacial score (nSPS) is 14.7. The van der Waals surface area contributed by atoms with Crippen LogP contribution in [0.3, 0.4) is 0 Å². The second-order valence-corrected chi connectivity index (χ2v) is 9.43. The first-order valence-corrected chi connectivity index (χ1v) is 12.1. The van der Waals surface area contributed by atoms with Crippen molar-refractivity contribution in [1.82, 2.24) is 19.9 Å². The maximum Gasteiger partial charge on any atom is 0.260 e. The molecule has 1 aliphatic rings. The second kappa shape index (κ2) is 9.51. The van der Waals surface area contributed by atoms with Crippen LogP contribution in [0.5, 0.6) is 0 Å². The van der Waals surface area contributed by atoms with Gasteiger partial charge in [-0.2, -0.15) is 0 Å². The van der Waals surface area contributed by atoms with Crippen LogP contribution < -0.4 is 4.90 Å². The number of thiazole rings is 1. The molecule has 170 valence electrons. The number of fused-ring (bicyclic) bond motifs is 2. The van der Waals surface area contributed by atoms with Gasteiger partial charge in [-0.25, -0.2) is 4.98 Å². The fourth-order valence-electron chi connectivity index (χ4n) is 4.29. The Bertz CT molecular complexity index is 1300. The number of anilines is 1. The van der Waals surface area contributed by atoms with Crippen LogP contribution in [0.1, 0.15) is 27.9 Å². The first-order chi connectivity index (χ1) is 16.1. The number of hydrogen-bond donors (Lipinski definition) is 0. The van der Waals surface area contributed by atoms with E-state index in [0.29, 0.717) is 17.6 Å². The minimum absolute atomic E-state index is 0.0574. The third kappa shape index (κ3) is 4.73. The molecule has 8 heteroatoms. The van der Waals surface area contributed by atoms with Gasteiger partial charge in [0.05, 0.1) is 34.5 Å². The number of amides is 1. The van der Waals surface area contributed by atoms with Crippen molar-refractivity contribution in [1.29, 1.82) is 0 Å². The van der Waals surface area contributed by atoms with E-state index in [1.807, 2.05) is 23.1 Å². The van der Waals surface area contributed by atoms with E-state index >= 15 is 0 Å². The van der Waals surface area contributed by atoms with Gasteiger partial charge in [0.2, 0.25) is 0 Å². The van der Waals surface area contributed by atoms with E-state index in [9.17, 15) is 4.79 Å². The average Bonchev–Trinajstić information content (AvgIpc) is 3.26. The summed E-state index contributed by atoms with van der Waals surface area (Å²) < 4.78 is 6.59. The zero-order valence-corrected chi connectivity index (χ0v) is 19.8. The van der Waals surface area contributed by atoms with Gasteiger partial charge in [0, 0.05) is 44.1 Å². The highest BCUT2D eigenvalue weighted by molar-refractivity contribution is 7.22. The van der Waals surface area contributed by atoms with Gasteiger partial charge in [0.1, 0.15) is 0 Å². The summed E-state index contributed by atoms with van der Waals surface area (Å²) in [6.07, 6.45) is 4.18. The lowest BCUT2D eigenvalue weighted by Gasteiger charge is -2.27. The maximum absolute atomic E-state index is 13.7. The van der Waals surface area contributed by atoms with Crippen molar-refractivity contribution in [3.63, 3.8) is 0 Å². The third-order valence-electron chi connectivity index (χ3n) is 5.96. The minimum Gasteiger partial charge on any atom is -0.379 e. The number of morpholine rings is 1. The molecule has 5 rings (SSSR count). The minimum atomic E-state index is -0.0574. The standard InChI is InChI=1S/C25H27N5O2S/c1-17-14-18(2)23-22(15-17)28-25(33-23)30(9-3-8-29-10-12-32-13-11-29)24(31)19-4-5-20-21(16-19)27-7-6-26-20/h4-7,14-16H,3,8-13H2,1-2H3. The number of hydrogen-bond acceptors (Lipinski definition) is 7. The van der Waals surface area contributed by atoms with Crippen LogP contribution in [0, 0.1) is 13.8 Å². The number of aryl methyl sites for hydroxylation is 2. The molecule has 1 amide bonds. The summed E-state index contributed by atoms with van der Waals surface area (Å²) in [6.45, 7) is 9.14. The van der Waals surface area contributed by atoms with E-state index in [0.717, 1.165) is 60.1 Å². The Kier molecular flexibility index (Phi) is 6.30. The van der Waals surface area contributed by atoms with E-state index in [2.05, 4.69) is 40.8 Å². The van der Waals surface area contributed by atoms with E-state index in [4.69, 9.17) is 9.72 Å². The first-order valence-electron chi connectivity index (χ1n) is 11.3. The molecule has 7 nitrogen and oxygen atoms in total. The summed E-state index contributed by atoms with van der Waals surface area (Å²) in [5, 5.41) is 0.741. The van der Waals surface area contributed by atoms with Gasteiger partial charge >= 0.3 is 0 Å². The number of ether oxygens (including phenoxy) is 1. The van der Waals surface area contributed by atoms with Crippen LogP contribution in [0.15, 0.2) is 42.7 Å². The molecule has 2 aromatic carbocycles. The number of carbonyl (C=O) groups excluding carboxylic acids is 1. The summed E-state index contributed by atoms with van der Waals surface area (Å²) in [5.41, 5.74) is 5.40. The van der Waals surface area contributed by atoms with Crippen LogP contribution in [0.2, 0.25) is 0 Å². The van der Waals surface area contributed by atoms with E-state index in [1.54, 1.807) is 23.7 Å². The predicted molar refractivity (Wildman–Crippen MR) is 132 cm³/mol. The van der Waals surface area contributed by atoms with Crippen LogP contribution in [-0.2, 0) is 4.74 Å². The molecule has 0 spiro atoms. The quantitative estimate of drug-likeness (QED) is 0.428. The highest BCUT2D eigenvalue weighted by Crippen LogP contribution is 2.33. The van der Waals surface area contributed by atoms with E-state index in [1.165, 1.54) is 11.1 Å². The molecule has 1 aliphatic heterocycles. The molecule has 1 fully saturated rings. The van der Waals surface area contributed by atoms with Crippen molar-refractivity contribution in [3.05, 3.63) is 59.4 Å². The van der Waals surface area contributed by atoms with Gasteiger partial charge in [0.25, 0.3) is 5.91 Å². The SMILES string of the molecule is Cc1cc(C)c2sc(N(CCCN3CCOCC3)C(=O)c3ccc4nccnc4c3)nc2c1. The number of benzene rings is 2. The average molecular weight is 462 g/mol. The summed E-state index contributed by atoms with van der Waals surface area (Å²) in [4.78, 5) is 31.5. The molecule has 4 aromatic rings. The van der Waals surface area contributed by atoms with Crippen molar-refractivity contribution < 1.29 is 9.53 Å². The van der Waals surface area contributed by atoms with E-state index < -0.39 is 0 Å². The number of aromatic nitrogens is 3. The molecule has 0 unspecified atom stereocenters. The smallest absolute Gasteiger partial charge is 0.260 e. The van der Waals surface area contributed by atoms with Crippen molar-refractivity contribution in [2.24, 2.45) is 0 Å². The van der Waals surface area contributed by atoms with Gasteiger partial charge in [-0.3, -0.25) is 24.6 Å². The third-order valence-corrected chi connectivity index (χ3v) is 7.19. The van der Waals surface area contributed by atoms with E-state index in [-0.39, 0.29) is 5.91 Å². The predicted octanol–water partition coefficient (Wildman–Crippen LogP) is 4.23. The Morgan fingerprint density at radius 1 is 1.06 bits per heavy atom. The zero-order chi connectivity index (χ0) is 22.8. The van der Waals surface area contributed by atoms with Crippen LogP contribution >= 0.6 is 11.3 Å². The molecular formula is C25H27N5O2S. The zero-order valence-electron chi connectivity index (χ0n) is 19.0. The Morgan fingerprint density at radius 3 is 2.67 bits per heavy atom. The lowest BCUT2D eigenvalue weighted by atomic mass is 10.1. The largest absolute Gasteiger partial charge is 0.379 e. The number of nitrogens with zero attached hydrogens (tertiary/aromatic N) is 5. The van der Waals surface area contributed by atoms with Crippen LogP contribution in [0.4, 0.5) is 5.13 Å². The maximum atomic E-state index is 13.7. The van der Waals surface area contributed by atoms with Crippen molar-refractivity contribution in [2.45, 2.75) is 20.3 Å². The first kappa shape index (κ1) is 21.9. The Balaban J connectivity index is 1.45. The Labute approximate surface area is 197 Å². The monoisotopic (exact) mass is 461 g/mol. The summed E-state index contributed by atoms with van der Waals surface area (Å²) in [7, 11) is 0. The van der Waals surface area contributed by atoms with Gasteiger partial charge in [-0.1, -0.05) is 17.4 Å². The van der Waals surface area contributed by atoms with Crippen molar-refractivity contribution >= 4 is 43.6 Å². The van der Waals surface area contributed by atoms with Gasteiger partial charge < -0.3 is 4.74 Å². The summed E-state index contributed by atoms with van der Waals surface area (Å²) in [6, 6.07) is 9.76. The fourth-order valence-corrected chi connectivity index (χ4v) is 5.33. The second-order valence-electron chi connectivity index (χ2n) is 8.45. The molecule has 33 heavy (non-hydrogen) atoms. The molecule has 0 aliphatic carbocycles. The Morgan fingerprint density at radius 2 is 1.85 bits per heavy atom. The summed E-state index contributed by atoms with van der Waals surface area (Å²) >= 11 is 1.59. The number of carbonyl (C=O) groups is 1.